The summed E-state index contributed by atoms with van der Waals surface area (Å²) in [6.07, 6.45) is -0.493. The Morgan fingerprint density at radius 3 is 2.94 bits per heavy atom. The predicted octanol–water partition coefficient (Wildman–Crippen LogP) is 3.52. The molecule has 1 unspecified atom stereocenters. The van der Waals surface area contributed by atoms with Crippen LogP contribution in [-0.4, -0.2) is 10.1 Å². The lowest BCUT2D eigenvalue weighted by Crippen LogP contribution is -2.03. The van der Waals surface area contributed by atoms with Gasteiger partial charge in [0.05, 0.1) is 21.8 Å². The number of benzene rings is 1. The molecule has 1 N–H and O–H groups in total. The monoisotopic (exact) mass is 271 g/mol. The standard InChI is InChI=1S/C12H11ClFNOS/c1-7-15-8(6-17-7)5-11(16)9-3-2-4-10(14)12(9)13/h2-4,6,11,16H,5H2,1H3. The zero-order valence-electron chi connectivity index (χ0n) is 9.15. The van der Waals surface area contributed by atoms with Crippen molar-refractivity contribution in [2.24, 2.45) is 0 Å². The van der Waals surface area contributed by atoms with E-state index in [0.29, 0.717) is 12.0 Å². The zero-order valence-corrected chi connectivity index (χ0v) is 10.7. The highest BCUT2D eigenvalue weighted by Crippen LogP contribution is 2.28. The van der Waals surface area contributed by atoms with Crippen molar-refractivity contribution in [2.75, 3.05) is 0 Å². The molecule has 0 spiro atoms. The number of halogens is 2. The van der Waals surface area contributed by atoms with Gasteiger partial charge in [-0.1, -0.05) is 23.7 Å². The highest BCUT2D eigenvalue weighted by Gasteiger charge is 2.15. The first-order valence-electron chi connectivity index (χ1n) is 5.11. The molecule has 5 heteroatoms. The fraction of sp³-hybridized carbons (Fsp3) is 0.250. The third-order valence-electron chi connectivity index (χ3n) is 2.41. The van der Waals surface area contributed by atoms with Crippen LogP contribution in [-0.2, 0) is 6.42 Å². The summed E-state index contributed by atoms with van der Waals surface area (Å²) in [6, 6.07) is 4.42. The van der Waals surface area contributed by atoms with E-state index in [2.05, 4.69) is 4.98 Å². The van der Waals surface area contributed by atoms with E-state index >= 15 is 0 Å². The van der Waals surface area contributed by atoms with Gasteiger partial charge in [-0.15, -0.1) is 11.3 Å². The van der Waals surface area contributed by atoms with E-state index in [-0.39, 0.29) is 5.02 Å². The van der Waals surface area contributed by atoms with Crippen LogP contribution in [0, 0.1) is 12.7 Å². The van der Waals surface area contributed by atoms with Crippen LogP contribution in [0.2, 0.25) is 5.02 Å². The van der Waals surface area contributed by atoms with Gasteiger partial charge < -0.3 is 5.11 Å². The van der Waals surface area contributed by atoms with Crippen LogP contribution in [0.3, 0.4) is 0 Å². The number of rotatable bonds is 3. The summed E-state index contributed by atoms with van der Waals surface area (Å²) in [4.78, 5) is 4.25. The van der Waals surface area contributed by atoms with Crippen LogP contribution >= 0.6 is 22.9 Å². The van der Waals surface area contributed by atoms with E-state index in [1.807, 2.05) is 12.3 Å². The highest BCUT2D eigenvalue weighted by atomic mass is 35.5. The number of aliphatic hydroxyl groups is 1. The number of hydrogen-bond acceptors (Lipinski definition) is 3. The molecule has 0 radical (unpaired) electrons. The SMILES string of the molecule is Cc1nc(CC(O)c2cccc(F)c2Cl)cs1. The van der Waals surface area contributed by atoms with Crippen molar-refractivity contribution in [3.8, 4) is 0 Å². The minimum absolute atomic E-state index is 0.0213. The van der Waals surface area contributed by atoms with Crippen LogP contribution < -0.4 is 0 Å². The first-order chi connectivity index (χ1) is 8.08. The Balaban J connectivity index is 2.20. The van der Waals surface area contributed by atoms with E-state index < -0.39 is 11.9 Å². The number of hydrogen-bond donors (Lipinski definition) is 1. The molecule has 0 saturated carbocycles. The molecule has 0 aliphatic heterocycles. The number of nitrogens with zero attached hydrogens (tertiary/aromatic N) is 1. The minimum Gasteiger partial charge on any atom is -0.388 e. The Bertz CT molecular complexity index is 529. The van der Waals surface area contributed by atoms with E-state index in [1.165, 1.54) is 23.5 Å². The quantitative estimate of drug-likeness (QED) is 0.927. The van der Waals surface area contributed by atoms with Crippen molar-refractivity contribution < 1.29 is 9.50 Å². The van der Waals surface area contributed by atoms with E-state index in [4.69, 9.17) is 11.6 Å². The van der Waals surface area contributed by atoms with Crippen molar-refractivity contribution in [1.29, 1.82) is 0 Å². The lowest BCUT2D eigenvalue weighted by atomic mass is 10.1. The second-order valence-corrected chi connectivity index (χ2v) is 5.16. The molecule has 17 heavy (non-hydrogen) atoms. The Morgan fingerprint density at radius 2 is 2.29 bits per heavy atom. The van der Waals surface area contributed by atoms with Gasteiger partial charge in [-0.05, 0) is 13.0 Å². The number of aliphatic hydroxyl groups excluding tert-OH is 1. The molecular formula is C12H11ClFNOS. The molecule has 2 aromatic rings. The first-order valence-corrected chi connectivity index (χ1v) is 6.36. The Labute approximate surface area is 108 Å². The highest BCUT2D eigenvalue weighted by molar-refractivity contribution is 7.09. The lowest BCUT2D eigenvalue weighted by Gasteiger charge is -2.11. The third-order valence-corrected chi connectivity index (χ3v) is 3.63. The Kier molecular flexibility index (Phi) is 3.76. The predicted molar refractivity (Wildman–Crippen MR) is 66.9 cm³/mol. The van der Waals surface area contributed by atoms with E-state index in [9.17, 15) is 9.50 Å². The molecule has 0 aliphatic carbocycles. The molecule has 0 bridgehead atoms. The fourth-order valence-corrected chi connectivity index (χ4v) is 2.47. The first kappa shape index (κ1) is 12.5. The van der Waals surface area contributed by atoms with Gasteiger partial charge in [0.2, 0.25) is 0 Å². The molecule has 0 fully saturated rings. The van der Waals surface area contributed by atoms with Crippen molar-refractivity contribution in [3.05, 3.63) is 50.7 Å². The van der Waals surface area contributed by atoms with Gasteiger partial charge in [0.15, 0.2) is 0 Å². The molecule has 0 saturated heterocycles. The molecule has 1 aromatic heterocycles. The van der Waals surface area contributed by atoms with Crippen LogP contribution in [0.5, 0.6) is 0 Å². The summed E-state index contributed by atoms with van der Waals surface area (Å²) in [5, 5.41) is 12.8. The van der Waals surface area contributed by atoms with Crippen molar-refractivity contribution in [3.63, 3.8) is 0 Å². The molecule has 0 aliphatic rings. The van der Waals surface area contributed by atoms with Crippen molar-refractivity contribution in [2.45, 2.75) is 19.4 Å². The average molecular weight is 272 g/mol. The van der Waals surface area contributed by atoms with Crippen LogP contribution in [0.4, 0.5) is 4.39 Å². The summed E-state index contributed by atoms with van der Waals surface area (Å²) in [5.41, 5.74) is 1.19. The molecule has 0 amide bonds. The minimum atomic E-state index is -0.834. The topological polar surface area (TPSA) is 33.1 Å². The van der Waals surface area contributed by atoms with E-state index in [1.54, 1.807) is 6.07 Å². The normalized spacial score (nSPS) is 12.7. The molecule has 1 aromatic carbocycles. The largest absolute Gasteiger partial charge is 0.388 e. The second kappa shape index (κ2) is 5.12. The van der Waals surface area contributed by atoms with Crippen molar-refractivity contribution in [1.82, 2.24) is 4.98 Å². The number of aryl methyl sites for hydroxylation is 1. The maximum atomic E-state index is 13.2. The van der Waals surface area contributed by atoms with Crippen LogP contribution in [0.1, 0.15) is 22.4 Å². The summed E-state index contributed by atoms with van der Waals surface area (Å²) in [7, 11) is 0. The molecule has 90 valence electrons. The smallest absolute Gasteiger partial charge is 0.142 e. The summed E-state index contributed by atoms with van der Waals surface area (Å²) in [6.45, 7) is 1.90. The number of thiazole rings is 1. The molecular weight excluding hydrogens is 261 g/mol. The third kappa shape index (κ3) is 2.83. The molecule has 2 rings (SSSR count). The molecule has 2 nitrogen and oxygen atoms in total. The maximum Gasteiger partial charge on any atom is 0.142 e. The lowest BCUT2D eigenvalue weighted by molar-refractivity contribution is 0.177. The van der Waals surface area contributed by atoms with Crippen molar-refractivity contribution >= 4 is 22.9 Å². The maximum absolute atomic E-state index is 13.2. The van der Waals surface area contributed by atoms with E-state index in [0.717, 1.165) is 10.7 Å². The molecule has 1 atom stereocenters. The summed E-state index contributed by atoms with van der Waals surface area (Å²) in [5.74, 6) is -0.516. The molecule has 1 heterocycles. The van der Waals surface area contributed by atoms with Crippen LogP contribution in [0.15, 0.2) is 23.6 Å². The van der Waals surface area contributed by atoms with Gasteiger partial charge in [-0.2, -0.15) is 0 Å². The Morgan fingerprint density at radius 1 is 1.53 bits per heavy atom. The zero-order chi connectivity index (χ0) is 12.4. The summed E-state index contributed by atoms with van der Waals surface area (Å²) < 4.78 is 13.2. The van der Waals surface area contributed by atoms with Crippen LogP contribution in [0.25, 0.3) is 0 Å². The van der Waals surface area contributed by atoms with Gasteiger partial charge in [-0.25, -0.2) is 9.37 Å². The van der Waals surface area contributed by atoms with Gasteiger partial charge in [-0.3, -0.25) is 0 Å². The fourth-order valence-electron chi connectivity index (χ4n) is 1.59. The number of aromatic nitrogens is 1. The van der Waals surface area contributed by atoms with Gasteiger partial charge in [0.1, 0.15) is 5.82 Å². The second-order valence-electron chi connectivity index (χ2n) is 3.72. The average Bonchev–Trinajstić information content (AvgIpc) is 2.68. The van der Waals surface area contributed by atoms with Gasteiger partial charge >= 0.3 is 0 Å². The Hall–Kier alpha value is -0.970. The summed E-state index contributed by atoms with van der Waals surface area (Å²) >= 11 is 7.33. The van der Waals surface area contributed by atoms with Gasteiger partial charge in [0, 0.05) is 17.4 Å². The van der Waals surface area contributed by atoms with Gasteiger partial charge in [0.25, 0.3) is 0 Å².